The molecule has 2 aromatic carbocycles. The van der Waals surface area contributed by atoms with Crippen molar-refractivity contribution >= 4 is 35.0 Å². The first-order valence-electron chi connectivity index (χ1n) is 7.45. The van der Waals surface area contributed by atoms with Gasteiger partial charge in [-0.3, -0.25) is 9.59 Å². The van der Waals surface area contributed by atoms with Crippen molar-refractivity contribution < 1.29 is 19.1 Å². The largest absolute Gasteiger partial charge is 0.454 e. The van der Waals surface area contributed by atoms with Crippen molar-refractivity contribution in [3.63, 3.8) is 0 Å². The third kappa shape index (κ3) is 4.15. The minimum Gasteiger partial charge on any atom is -0.454 e. The van der Waals surface area contributed by atoms with Crippen LogP contribution < -0.4 is 20.1 Å². The number of benzene rings is 2. The van der Waals surface area contributed by atoms with Gasteiger partial charge in [0.05, 0.1) is 10.6 Å². The minimum absolute atomic E-state index is 0.152. The molecule has 0 bridgehead atoms. The van der Waals surface area contributed by atoms with E-state index in [9.17, 15) is 9.59 Å². The Hall–Kier alpha value is -2.44. The van der Waals surface area contributed by atoms with Crippen molar-refractivity contribution in [2.45, 2.75) is 0 Å². The molecule has 0 aliphatic carbocycles. The van der Waals surface area contributed by atoms with Crippen molar-refractivity contribution in [3.05, 3.63) is 57.6 Å². The lowest BCUT2D eigenvalue weighted by Gasteiger charge is -2.09. The Kier molecular flexibility index (Phi) is 5.31. The van der Waals surface area contributed by atoms with Crippen LogP contribution in [-0.2, 0) is 0 Å². The molecule has 25 heavy (non-hydrogen) atoms. The van der Waals surface area contributed by atoms with E-state index in [1.54, 1.807) is 30.3 Å². The van der Waals surface area contributed by atoms with E-state index in [4.69, 9.17) is 32.7 Å². The van der Waals surface area contributed by atoms with Crippen molar-refractivity contribution in [2.75, 3.05) is 19.9 Å². The molecule has 3 rings (SSSR count). The molecule has 2 N–H and O–H groups in total. The van der Waals surface area contributed by atoms with Crippen LogP contribution in [0, 0.1) is 0 Å². The van der Waals surface area contributed by atoms with E-state index in [-0.39, 0.29) is 36.7 Å². The molecule has 0 atom stereocenters. The second-order valence-corrected chi connectivity index (χ2v) is 6.05. The number of ether oxygens (including phenoxy) is 2. The van der Waals surface area contributed by atoms with Crippen LogP contribution in [0.5, 0.6) is 11.5 Å². The van der Waals surface area contributed by atoms with Crippen molar-refractivity contribution in [1.82, 2.24) is 10.6 Å². The molecule has 2 aromatic rings. The van der Waals surface area contributed by atoms with Gasteiger partial charge in [-0.2, -0.15) is 0 Å². The Morgan fingerprint density at radius 2 is 1.64 bits per heavy atom. The maximum absolute atomic E-state index is 12.1. The topological polar surface area (TPSA) is 76.7 Å². The smallest absolute Gasteiger partial charge is 0.252 e. The van der Waals surface area contributed by atoms with Crippen LogP contribution in [0.1, 0.15) is 20.7 Å². The number of hydrogen-bond donors (Lipinski definition) is 2. The molecule has 0 saturated heterocycles. The molecule has 0 aromatic heterocycles. The second-order valence-electron chi connectivity index (χ2n) is 5.20. The van der Waals surface area contributed by atoms with E-state index < -0.39 is 0 Å². The Morgan fingerprint density at radius 1 is 0.920 bits per heavy atom. The molecule has 130 valence electrons. The van der Waals surface area contributed by atoms with Crippen molar-refractivity contribution in [2.24, 2.45) is 0 Å². The summed E-state index contributed by atoms with van der Waals surface area (Å²) in [6, 6.07) is 9.58. The zero-order chi connectivity index (χ0) is 17.8. The van der Waals surface area contributed by atoms with Crippen LogP contribution in [0.15, 0.2) is 36.4 Å². The van der Waals surface area contributed by atoms with E-state index in [0.29, 0.717) is 27.6 Å². The quantitative estimate of drug-likeness (QED) is 0.781. The van der Waals surface area contributed by atoms with Gasteiger partial charge in [-0.05, 0) is 36.4 Å². The third-order valence-corrected chi connectivity index (χ3v) is 4.05. The summed E-state index contributed by atoms with van der Waals surface area (Å²) in [6.45, 7) is 0.679. The fourth-order valence-corrected chi connectivity index (χ4v) is 2.76. The molecule has 6 nitrogen and oxygen atoms in total. The van der Waals surface area contributed by atoms with Gasteiger partial charge in [-0.25, -0.2) is 0 Å². The Balaban J connectivity index is 1.48. The number of nitrogens with one attached hydrogen (secondary N) is 2. The van der Waals surface area contributed by atoms with Gasteiger partial charge in [-0.15, -0.1) is 0 Å². The zero-order valence-electron chi connectivity index (χ0n) is 13.0. The average molecular weight is 381 g/mol. The minimum atomic E-state index is -0.334. The Morgan fingerprint density at radius 3 is 2.40 bits per heavy atom. The summed E-state index contributed by atoms with van der Waals surface area (Å²) in [5.74, 6) is 0.554. The van der Waals surface area contributed by atoms with E-state index in [2.05, 4.69) is 10.6 Å². The molecule has 0 unspecified atom stereocenters. The van der Waals surface area contributed by atoms with Gasteiger partial charge in [0, 0.05) is 23.7 Å². The molecule has 0 fully saturated rings. The molecule has 1 aliphatic rings. The highest BCUT2D eigenvalue weighted by Crippen LogP contribution is 2.32. The standard InChI is InChI=1S/C17H14Cl2N2O4/c18-11-2-3-12(13(19)8-11)17(23)21-6-5-20-16(22)10-1-4-14-15(7-10)25-9-24-14/h1-4,7-8H,5-6,9H2,(H,20,22)(H,21,23). The van der Waals surface area contributed by atoms with Gasteiger partial charge in [-0.1, -0.05) is 23.2 Å². The molecule has 2 amide bonds. The van der Waals surface area contributed by atoms with Crippen molar-refractivity contribution in [3.8, 4) is 11.5 Å². The summed E-state index contributed by atoms with van der Waals surface area (Å²) in [5, 5.41) is 6.13. The summed E-state index contributed by atoms with van der Waals surface area (Å²) in [6.07, 6.45) is 0. The lowest BCUT2D eigenvalue weighted by Crippen LogP contribution is -2.34. The van der Waals surface area contributed by atoms with Gasteiger partial charge >= 0.3 is 0 Å². The number of amides is 2. The fourth-order valence-electron chi connectivity index (χ4n) is 2.26. The van der Waals surface area contributed by atoms with Crippen LogP contribution in [0.2, 0.25) is 10.0 Å². The number of hydrogen-bond acceptors (Lipinski definition) is 4. The van der Waals surface area contributed by atoms with E-state index in [0.717, 1.165) is 0 Å². The van der Waals surface area contributed by atoms with Crippen LogP contribution >= 0.6 is 23.2 Å². The predicted molar refractivity (Wildman–Crippen MR) is 93.7 cm³/mol. The first-order valence-corrected chi connectivity index (χ1v) is 8.21. The fraction of sp³-hybridized carbons (Fsp3) is 0.176. The number of fused-ring (bicyclic) bond motifs is 1. The lowest BCUT2D eigenvalue weighted by atomic mass is 10.2. The van der Waals surface area contributed by atoms with Crippen LogP contribution in [0.25, 0.3) is 0 Å². The monoisotopic (exact) mass is 380 g/mol. The second kappa shape index (κ2) is 7.63. The van der Waals surface area contributed by atoms with E-state index >= 15 is 0 Å². The SMILES string of the molecule is O=C(NCCNC(=O)c1ccc(Cl)cc1Cl)c1ccc2c(c1)OCO2. The molecular formula is C17H14Cl2N2O4. The molecule has 0 saturated carbocycles. The van der Waals surface area contributed by atoms with E-state index in [1.807, 2.05) is 0 Å². The normalized spacial score (nSPS) is 11.9. The van der Waals surface area contributed by atoms with Crippen molar-refractivity contribution in [1.29, 1.82) is 0 Å². The van der Waals surface area contributed by atoms with Gasteiger partial charge in [0.15, 0.2) is 11.5 Å². The van der Waals surface area contributed by atoms with Gasteiger partial charge in [0.2, 0.25) is 6.79 Å². The molecule has 1 aliphatic heterocycles. The number of carbonyl (C=O) groups is 2. The molecule has 0 radical (unpaired) electrons. The molecule has 0 spiro atoms. The maximum atomic E-state index is 12.1. The van der Waals surface area contributed by atoms with Gasteiger partial charge in [0.1, 0.15) is 0 Å². The van der Waals surface area contributed by atoms with Crippen LogP contribution in [0.3, 0.4) is 0 Å². The number of rotatable bonds is 5. The first kappa shape index (κ1) is 17.4. The Bertz CT molecular complexity index is 826. The lowest BCUT2D eigenvalue weighted by molar-refractivity contribution is 0.0927. The summed E-state index contributed by atoms with van der Waals surface area (Å²) in [7, 11) is 0. The average Bonchev–Trinajstić information content (AvgIpc) is 3.06. The van der Waals surface area contributed by atoms with E-state index in [1.165, 1.54) is 6.07 Å². The highest BCUT2D eigenvalue weighted by molar-refractivity contribution is 6.36. The summed E-state index contributed by atoms with van der Waals surface area (Å²) < 4.78 is 10.4. The summed E-state index contributed by atoms with van der Waals surface area (Å²) in [5.41, 5.74) is 0.782. The highest BCUT2D eigenvalue weighted by Gasteiger charge is 2.16. The van der Waals surface area contributed by atoms with Gasteiger partial charge in [0.25, 0.3) is 11.8 Å². The molecule has 1 heterocycles. The summed E-state index contributed by atoms with van der Waals surface area (Å²) in [4.78, 5) is 24.1. The van der Waals surface area contributed by atoms with Crippen LogP contribution in [-0.4, -0.2) is 31.7 Å². The number of halogens is 2. The highest BCUT2D eigenvalue weighted by atomic mass is 35.5. The van der Waals surface area contributed by atoms with Crippen LogP contribution in [0.4, 0.5) is 0 Å². The Labute approximate surface area is 154 Å². The maximum Gasteiger partial charge on any atom is 0.252 e. The van der Waals surface area contributed by atoms with Gasteiger partial charge < -0.3 is 20.1 Å². The molecular weight excluding hydrogens is 367 g/mol. The predicted octanol–water partition coefficient (Wildman–Crippen LogP) is 2.88. The first-order chi connectivity index (χ1) is 12.0. The zero-order valence-corrected chi connectivity index (χ0v) is 14.5. The third-order valence-electron chi connectivity index (χ3n) is 3.51. The summed E-state index contributed by atoms with van der Waals surface area (Å²) >= 11 is 11.8. The molecule has 8 heteroatoms. The number of carbonyl (C=O) groups excluding carboxylic acids is 2.